The lowest BCUT2D eigenvalue weighted by atomic mass is 10.2. The first-order valence-electron chi connectivity index (χ1n) is 5.74. The zero-order valence-corrected chi connectivity index (χ0v) is 10.1. The Morgan fingerprint density at radius 1 is 1.21 bits per heavy atom. The molecule has 0 saturated carbocycles. The standard InChI is InChI=1S/C15H12FNO2/c16-14-4-2-1-3-13(14)11-19-15(18)6-5-12-7-9-17-10-8-12/h1-10H,11H2. The third kappa shape index (κ3) is 4.03. The van der Waals surface area contributed by atoms with Crippen LogP contribution in [0.4, 0.5) is 4.39 Å². The molecule has 0 aliphatic rings. The average Bonchev–Trinajstić information content (AvgIpc) is 2.45. The highest BCUT2D eigenvalue weighted by atomic mass is 19.1. The van der Waals surface area contributed by atoms with Crippen molar-refractivity contribution in [3.8, 4) is 0 Å². The largest absolute Gasteiger partial charge is 0.458 e. The van der Waals surface area contributed by atoms with Crippen molar-refractivity contribution < 1.29 is 13.9 Å². The Morgan fingerprint density at radius 2 is 1.95 bits per heavy atom. The maximum Gasteiger partial charge on any atom is 0.331 e. The first kappa shape index (κ1) is 13.0. The summed E-state index contributed by atoms with van der Waals surface area (Å²) in [7, 11) is 0. The Kier molecular flexibility index (Phi) is 4.39. The molecular formula is C15H12FNO2. The van der Waals surface area contributed by atoms with Crippen molar-refractivity contribution in [2.24, 2.45) is 0 Å². The quantitative estimate of drug-likeness (QED) is 0.624. The molecule has 0 aliphatic carbocycles. The molecule has 19 heavy (non-hydrogen) atoms. The number of hydrogen-bond donors (Lipinski definition) is 0. The summed E-state index contributed by atoms with van der Waals surface area (Å²) in [6.07, 6.45) is 6.18. The van der Waals surface area contributed by atoms with Crippen LogP contribution in [0.25, 0.3) is 6.08 Å². The first-order valence-corrected chi connectivity index (χ1v) is 5.74. The first-order chi connectivity index (χ1) is 9.25. The Morgan fingerprint density at radius 3 is 2.68 bits per heavy atom. The van der Waals surface area contributed by atoms with Crippen LogP contribution in [0.2, 0.25) is 0 Å². The van der Waals surface area contributed by atoms with Crippen molar-refractivity contribution in [2.45, 2.75) is 6.61 Å². The molecule has 3 nitrogen and oxygen atoms in total. The molecule has 96 valence electrons. The average molecular weight is 257 g/mol. The number of hydrogen-bond acceptors (Lipinski definition) is 3. The van der Waals surface area contributed by atoms with E-state index in [1.54, 1.807) is 48.8 Å². The number of rotatable bonds is 4. The van der Waals surface area contributed by atoms with Crippen molar-refractivity contribution in [3.05, 3.63) is 71.8 Å². The minimum atomic E-state index is -0.514. The zero-order valence-electron chi connectivity index (χ0n) is 10.1. The van der Waals surface area contributed by atoms with E-state index in [9.17, 15) is 9.18 Å². The second kappa shape index (κ2) is 6.44. The second-order valence-electron chi connectivity index (χ2n) is 3.81. The summed E-state index contributed by atoms with van der Waals surface area (Å²) >= 11 is 0. The fourth-order valence-electron chi connectivity index (χ4n) is 1.45. The second-order valence-corrected chi connectivity index (χ2v) is 3.81. The topological polar surface area (TPSA) is 39.2 Å². The van der Waals surface area contributed by atoms with Crippen LogP contribution in [0.5, 0.6) is 0 Å². The Hall–Kier alpha value is -2.49. The smallest absolute Gasteiger partial charge is 0.331 e. The van der Waals surface area contributed by atoms with Gasteiger partial charge >= 0.3 is 5.97 Å². The molecule has 1 aromatic heterocycles. The van der Waals surface area contributed by atoms with E-state index in [4.69, 9.17) is 4.74 Å². The van der Waals surface area contributed by atoms with Gasteiger partial charge in [0.2, 0.25) is 0 Å². The van der Waals surface area contributed by atoms with Gasteiger partial charge in [-0.05, 0) is 29.8 Å². The Balaban J connectivity index is 1.89. The summed E-state index contributed by atoms with van der Waals surface area (Å²) in [4.78, 5) is 15.3. The van der Waals surface area contributed by atoms with Gasteiger partial charge in [0.05, 0.1) is 0 Å². The summed E-state index contributed by atoms with van der Waals surface area (Å²) in [5, 5.41) is 0. The van der Waals surface area contributed by atoms with Gasteiger partial charge in [0, 0.05) is 24.0 Å². The summed E-state index contributed by atoms with van der Waals surface area (Å²) in [5.74, 6) is -0.895. The van der Waals surface area contributed by atoms with E-state index >= 15 is 0 Å². The lowest BCUT2D eigenvalue weighted by Crippen LogP contribution is -2.02. The third-order valence-corrected chi connectivity index (χ3v) is 2.45. The minimum absolute atomic E-state index is 0.0772. The summed E-state index contributed by atoms with van der Waals surface area (Å²) in [6.45, 7) is -0.0772. The third-order valence-electron chi connectivity index (χ3n) is 2.45. The van der Waals surface area contributed by atoms with E-state index < -0.39 is 5.97 Å². The van der Waals surface area contributed by atoms with Crippen molar-refractivity contribution >= 4 is 12.0 Å². The number of aromatic nitrogens is 1. The Labute approximate surface area is 110 Å². The van der Waals surface area contributed by atoms with Crippen molar-refractivity contribution in [1.82, 2.24) is 4.98 Å². The van der Waals surface area contributed by atoms with Crippen LogP contribution in [0, 0.1) is 5.82 Å². The predicted molar refractivity (Wildman–Crippen MR) is 69.5 cm³/mol. The monoisotopic (exact) mass is 257 g/mol. The van der Waals surface area contributed by atoms with Crippen LogP contribution in [0.15, 0.2) is 54.9 Å². The van der Waals surface area contributed by atoms with Crippen molar-refractivity contribution in [1.29, 1.82) is 0 Å². The van der Waals surface area contributed by atoms with Gasteiger partial charge in [0.1, 0.15) is 12.4 Å². The van der Waals surface area contributed by atoms with Gasteiger partial charge in [0.25, 0.3) is 0 Å². The lowest BCUT2D eigenvalue weighted by Gasteiger charge is -2.03. The molecule has 0 bridgehead atoms. The van der Waals surface area contributed by atoms with Gasteiger partial charge in [0.15, 0.2) is 0 Å². The van der Waals surface area contributed by atoms with Gasteiger partial charge in [-0.2, -0.15) is 0 Å². The molecule has 1 aromatic carbocycles. The molecule has 0 aliphatic heterocycles. The molecular weight excluding hydrogens is 245 g/mol. The number of benzene rings is 1. The Bertz CT molecular complexity index is 582. The fraction of sp³-hybridized carbons (Fsp3) is 0.0667. The number of halogens is 1. The molecule has 0 saturated heterocycles. The number of nitrogens with zero attached hydrogens (tertiary/aromatic N) is 1. The van der Waals surface area contributed by atoms with E-state index in [0.29, 0.717) is 5.56 Å². The number of pyridine rings is 1. The minimum Gasteiger partial charge on any atom is -0.458 e. The fourth-order valence-corrected chi connectivity index (χ4v) is 1.45. The van der Waals surface area contributed by atoms with E-state index in [0.717, 1.165) is 5.56 Å². The highest BCUT2D eigenvalue weighted by Gasteiger charge is 2.03. The van der Waals surface area contributed by atoms with Crippen LogP contribution < -0.4 is 0 Å². The summed E-state index contributed by atoms with van der Waals surface area (Å²) in [6, 6.07) is 9.72. The van der Waals surface area contributed by atoms with E-state index in [2.05, 4.69) is 4.98 Å². The molecule has 0 radical (unpaired) electrons. The van der Waals surface area contributed by atoms with E-state index in [1.807, 2.05) is 0 Å². The molecule has 0 spiro atoms. The molecule has 0 unspecified atom stereocenters. The molecule has 0 N–H and O–H groups in total. The molecule has 2 rings (SSSR count). The van der Waals surface area contributed by atoms with Gasteiger partial charge < -0.3 is 4.74 Å². The van der Waals surface area contributed by atoms with Crippen LogP contribution in [0.1, 0.15) is 11.1 Å². The molecule has 0 amide bonds. The lowest BCUT2D eigenvalue weighted by molar-refractivity contribution is -0.138. The normalized spacial score (nSPS) is 10.6. The highest BCUT2D eigenvalue weighted by Crippen LogP contribution is 2.08. The number of carbonyl (C=O) groups excluding carboxylic acids is 1. The van der Waals surface area contributed by atoms with Crippen LogP contribution in [-0.2, 0) is 16.1 Å². The van der Waals surface area contributed by atoms with Crippen LogP contribution in [0.3, 0.4) is 0 Å². The predicted octanol–water partition coefficient (Wildman–Crippen LogP) is 2.98. The van der Waals surface area contributed by atoms with Gasteiger partial charge in [-0.1, -0.05) is 18.2 Å². The maximum atomic E-state index is 13.3. The maximum absolute atomic E-state index is 13.3. The van der Waals surface area contributed by atoms with Gasteiger partial charge in [-0.3, -0.25) is 4.98 Å². The summed E-state index contributed by atoms with van der Waals surface area (Å²) < 4.78 is 18.2. The SMILES string of the molecule is O=C(C=Cc1ccncc1)OCc1ccccc1F. The highest BCUT2D eigenvalue weighted by molar-refractivity contribution is 5.86. The van der Waals surface area contributed by atoms with Gasteiger partial charge in [-0.25, -0.2) is 9.18 Å². The summed E-state index contributed by atoms with van der Waals surface area (Å²) in [5.41, 5.74) is 1.20. The molecule has 0 fully saturated rings. The van der Waals surface area contributed by atoms with Crippen LogP contribution >= 0.6 is 0 Å². The number of carbonyl (C=O) groups is 1. The van der Waals surface area contributed by atoms with Crippen LogP contribution in [-0.4, -0.2) is 11.0 Å². The number of esters is 1. The zero-order chi connectivity index (χ0) is 13.5. The van der Waals surface area contributed by atoms with Gasteiger partial charge in [-0.15, -0.1) is 0 Å². The van der Waals surface area contributed by atoms with E-state index in [1.165, 1.54) is 12.1 Å². The molecule has 2 aromatic rings. The molecule has 1 heterocycles. The van der Waals surface area contributed by atoms with Crippen molar-refractivity contribution in [2.75, 3.05) is 0 Å². The molecule has 4 heteroatoms. The molecule has 0 atom stereocenters. The number of ether oxygens (including phenoxy) is 1. The van der Waals surface area contributed by atoms with Crippen molar-refractivity contribution in [3.63, 3.8) is 0 Å². The van der Waals surface area contributed by atoms with E-state index in [-0.39, 0.29) is 12.4 Å².